The van der Waals surface area contributed by atoms with E-state index < -0.39 is 0 Å². The summed E-state index contributed by atoms with van der Waals surface area (Å²) in [4.78, 5) is 3.13. The second-order valence-corrected chi connectivity index (χ2v) is 4.98. The van der Waals surface area contributed by atoms with Crippen molar-refractivity contribution >= 4 is 11.3 Å². The summed E-state index contributed by atoms with van der Waals surface area (Å²) in [5, 5.41) is 0. The minimum Gasteiger partial charge on any atom is -0.330 e. The third-order valence-electron chi connectivity index (χ3n) is 2.69. The van der Waals surface area contributed by atoms with Crippen molar-refractivity contribution in [1.82, 2.24) is 0 Å². The van der Waals surface area contributed by atoms with E-state index in [0.29, 0.717) is 0 Å². The largest absolute Gasteiger partial charge is 0.330 e. The highest BCUT2D eigenvalue weighted by atomic mass is 32.1. The molecule has 0 saturated carbocycles. The Labute approximate surface area is 84.0 Å². The molecule has 1 heterocycles. The lowest BCUT2D eigenvalue weighted by Gasteiger charge is -1.92. The van der Waals surface area contributed by atoms with E-state index in [4.69, 9.17) is 5.73 Å². The smallest absolute Gasteiger partial charge is 0.00801 e. The molecule has 0 fully saturated rings. The molecule has 0 aliphatic heterocycles. The molecule has 1 aromatic rings. The number of thiophene rings is 1. The van der Waals surface area contributed by atoms with Crippen LogP contribution < -0.4 is 5.73 Å². The van der Waals surface area contributed by atoms with Gasteiger partial charge in [0.2, 0.25) is 0 Å². The molecule has 1 aliphatic carbocycles. The predicted molar refractivity (Wildman–Crippen MR) is 58.3 cm³/mol. The average Bonchev–Trinajstić information content (AvgIpc) is 2.37. The zero-order chi connectivity index (χ0) is 9.10. The molecule has 13 heavy (non-hydrogen) atoms. The first-order valence-electron chi connectivity index (χ1n) is 5.20. The van der Waals surface area contributed by atoms with Gasteiger partial charge in [-0.1, -0.05) is 6.42 Å². The molecule has 2 rings (SSSR count). The van der Waals surface area contributed by atoms with Crippen LogP contribution in [0.25, 0.3) is 0 Å². The Morgan fingerprint density at radius 3 is 2.92 bits per heavy atom. The number of hydrogen-bond acceptors (Lipinski definition) is 2. The van der Waals surface area contributed by atoms with E-state index in [1.165, 1.54) is 37.0 Å². The first kappa shape index (κ1) is 9.22. The third-order valence-corrected chi connectivity index (χ3v) is 3.99. The fraction of sp³-hybridized carbons (Fsp3) is 0.636. The summed E-state index contributed by atoms with van der Waals surface area (Å²) in [6, 6.07) is 2.39. The second-order valence-electron chi connectivity index (χ2n) is 3.76. The quantitative estimate of drug-likeness (QED) is 0.721. The predicted octanol–water partition coefficient (Wildman–Crippen LogP) is 2.52. The first-order chi connectivity index (χ1) is 6.40. The molecule has 1 nitrogen and oxygen atoms in total. The minimum atomic E-state index is 0.791. The van der Waals surface area contributed by atoms with E-state index in [9.17, 15) is 0 Å². The molecule has 72 valence electrons. The zero-order valence-corrected chi connectivity index (χ0v) is 8.83. The highest BCUT2D eigenvalue weighted by Gasteiger charge is 2.11. The Kier molecular flexibility index (Phi) is 3.01. The lowest BCUT2D eigenvalue weighted by Crippen LogP contribution is -2.00. The monoisotopic (exact) mass is 195 g/mol. The summed E-state index contributed by atoms with van der Waals surface area (Å²) in [6.45, 7) is 0.791. The fourth-order valence-corrected chi connectivity index (χ4v) is 3.27. The van der Waals surface area contributed by atoms with Gasteiger partial charge in [0.05, 0.1) is 0 Å². The minimum absolute atomic E-state index is 0.791. The lowest BCUT2D eigenvalue weighted by molar-refractivity contribution is 0.712. The van der Waals surface area contributed by atoms with Crippen molar-refractivity contribution in [3.05, 3.63) is 21.4 Å². The van der Waals surface area contributed by atoms with Gasteiger partial charge in [-0.05, 0) is 50.3 Å². The highest BCUT2D eigenvalue weighted by Crippen LogP contribution is 2.28. The summed E-state index contributed by atoms with van der Waals surface area (Å²) in [6.07, 6.45) is 7.85. The third kappa shape index (κ3) is 2.12. The van der Waals surface area contributed by atoms with Gasteiger partial charge in [-0.2, -0.15) is 0 Å². The fourth-order valence-electron chi connectivity index (χ4n) is 1.99. The Balaban J connectivity index is 2.17. The SMILES string of the molecule is NCCc1cc2c(s1)CCCCC2. The standard InChI is InChI=1S/C11H17NS/c12-7-6-10-8-9-4-2-1-3-5-11(9)13-10/h8H,1-7,12H2. The summed E-state index contributed by atoms with van der Waals surface area (Å²) in [7, 11) is 0. The lowest BCUT2D eigenvalue weighted by atomic mass is 10.1. The molecule has 0 saturated heterocycles. The van der Waals surface area contributed by atoms with Crippen molar-refractivity contribution in [2.45, 2.75) is 38.5 Å². The topological polar surface area (TPSA) is 26.0 Å². The molecule has 2 heteroatoms. The van der Waals surface area contributed by atoms with Crippen molar-refractivity contribution in [3.8, 4) is 0 Å². The number of hydrogen-bond donors (Lipinski definition) is 1. The van der Waals surface area contributed by atoms with Gasteiger partial charge in [0.25, 0.3) is 0 Å². The van der Waals surface area contributed by atoms with Crippen molar-refractivity contribution in [2.75, 3.05) is 6.54 Å². The van der Waals surface area contributed by atoms with Crippen LogP contribution in [0.15, 0.2) is 6.07 Å². The Hall–Kier alpha value is -0.340. The molecule has 0 unspecified atom stereocenters. The molecule has 2 N–H and O–H groups in total. The van der Waals surface area contributed by atoms with Crippen LogP contribution in [0.5, 0.6) is 0 Å². The summed E-state index contributed by atoms with van der Waals surface area (Å²) < 4.78 is 0. The van der Waals surface area contributed by atoms with Crippen LogP contribution in [0.2, 0.25) is 0 Å². The van der Waals surface area contributed by atoms with Gasteiger partial charge in [0.1, 0.15) is 0 Å². The summed E-state index contributed by atoms with van der Waals surface area (Å²) >= 11 is 1.99. The molecule has 0 radical (unpaired) electrons. The molecule has 0 bridgehead atoms. The Bertz CT molecular complexity index is 254. The van der Waals surface area contributed by atoms with Crippen LogP contribution in [0.3, 0.4) is 0 Å². The first-order valence-corrected chi connectivity index (χ1v) is 6.02. The van der Waals surface area contributed by atoms with Gasteiger partial charge < -0.3 is 5.73 Å². The van der Waals surface area contributed by atoms with Crippen LogP contribution in [0, 0.1) is 0 Å². The van der Waals surface area contributed by atoms with Crippen molar-refractivity contribution in [3.63, 3.8) is 0 Å². The number of nitrogens with two attached hydrogens (primary N) is 1. The average molecular weight is 195 g/mol. The summed E-state index contributed by atoms with van der Waals surface area (Å²) in [5.74, 6) is 0. The molecular weight excluding hydrogens is 178 g/mol. The molecular formula is C11H17NS. The molecule has 0 aromatic carbocycles. The van der Waals surface area contributed by atoms with E-state index in [1.807, 2.05) is 11.3 Å². The highest BCUT2D eigenvalue weighted by molar-refractivity contribution is 7.12. The van der Waals surface area contributed by atoms with Crippen molar-refractivity contribution < 1.29 is 0 Å². The zero-order valence-electron chi connectivity index (χ0n) is 8.01. The summed E-state index contributed by atoms with van der Waals surface area (Å²) in [5.41, 5.74) is 7.17. The maximum atomic E-state index is 5.56. The Morgan fingerprint density at radius 1 is 1.23 bits per heavy atom. The van der Waals surface area contributed by atoms with Gasteiger partial charge >= 0.3 is 0 Å². The van der Waals surface area contributed by atoms with E-state index in [1.54, 1.807) is 10.4 Å². The maximum absolute atomic E-state index is 5.56. The van der Waals surface area contributed by atoms with Crippen LogP contribution in [-0.4, -0.2) is 6.54 Å². The molecule has 0 spiro atoms. The number of aryl methyl sites for hydroxylation is 2. The number of fused-ring (bicyclic) bond motifs is 1. The van der Waals surface area contributed by atoms with Gasteiger partial charge in [-0.25, -0.2) is 0 Å². The van der Waals surface area contributed by atoms with Crippen LogP contribution >= 0.6 is 11.3 Å². The van der Waals surface area contributed by atoms with Gasteiger partial charge in [0.15, 0.2) is 0 Å². The van der Waals surface area contributed by atoms with Gasteiger partial charge in [-0.15, -0.1) is 11.3 Å². The molecule has 0 atom stereocenters. The van der Waals surface area contributed by atoms with Crippen LogP contribution in [0.1, 0.15) is 34.6 Å². The van der Waals surface area contributed by atoms with Gasteiger partial charge in [-0.3, -0.25) is 0 Å². The molecule has 1 aliphatic rings. The second kappa shape index (κ2) is 4.25. The van der Waals surface area contributed by atoms with E-state index in [-0.39, 0.29) is 0 Å². The Morgan fingerprint density at radius 2 is 2.08 bits per heavy atom. The van der Waals surface area contributed by atoms with Gasteiger partial charge in [0, 0.05) is 9.75 Å². The van der Waals surface area contributed by atoms with Crippen LogP contribution in [-0.2, 0) is 19.3 Å². The van der Waals surface area contributed by atoms with Crippen molar-refractivity contribution in [2.24, 2.45) is 5.73 Å². The van der Waals surface area contributed by atoms with E-state index in [2.05, 4.69) is 6.07 Å². The molecule has 0 amide bonds. The van der Waals surface area contributed by atoms with E-state index >= 15 is 0 Å². The van der Waals surface area contributed by atoms with Crippen LogP contribution in [0.4, 0.5) is 0 Å². The van der Waals surface area contributed by atoms with Crippen molar-refractivity contribution in [1.29, 1.82) is 0 Å². The number of rotatable bonds is 2. The normalized spacial score (nSPS) is 16.7. The van der Waals surface area contributed by atoms with E-state index in [0.717, 1.165) is 13.0 Å². The molecule has 1 aromatic heterocycles. The maximum Gasteiger partial charge on any atom is 0.00801 e.